The van der Waals surface area contributed by atoms with Crippen LogP contribution in [0.2, 0.25) is 0 Å². The first-order valence-electron chi connectivity index (χ1n) is 9.12. The average Bonchev–Trinajstić information content (AvgIpc) is 3.08. The van der Waals surface area contributed by atoms with Crippen LogP contribution in [-0.2, 0) is 21.1 Å². The van der Waals surface area contributed by atoms with Crippen LogP contribution < -0.4 is 10.6 Å². The number of carbonyl (C=O) groups excluding carboxylic acids is 1. The second-order valence-corrected chi connectivity index (χ2v) is 9.91. The highest BCUT2D eigenvalue weighted by atomic mass is 32.2. The van der Waals surface area contributed by atoms with E-state index in [4.69, 9.17) is 0 Å². The Balaban J connectivity index is 1.62. The van der Waals surface area contributed by atoms with Gasteiger partial charge in [-0.25, -0.2) is 13.4 Å². The third kappa shape index (κ3) is 5.65. The molecule has 0 bridgehead atoms. The molecule has 29 heavy (non-hydrogen) atoms. The molecule has 8 heteroatoms. The van der Waals surface area contributed by atoms with E-state index < -0.39 is 9.84 Å². The van der Waals surface area contributed by atoms with Crippen molar-refractivity contribution < 1.29 is 13.2 Å². The summed E-state index contributed by atoms with van der Waals surface area (Å²) >= 11 is 1.39. The molecule has 1 heterocycles. The first-order chi connectivity index (χ1) is 13.7. The summed E-state index contributed by atoms with van der Waals surface area (Å²) in [5.41, 5.74) is 3.32. The number of anilines is 3. The maximum Gasteiger partial charge on any atom is 0.230 e. The zero-order chi connectivity index (χ0) is 21.0. The SMILES string of the molecule is CC(C)c1ccccc1NC(=O)Cc1csc(Nc2ccc(S(C)(=O)=O)cc2)n1. The third-order valence-electron chi connectivity index (χ3n) is 4.28. The average molecular weight is 430 g/mol. The van der Waals surface area contributed by atoms with E-state index in [0.29, 0.717) is 16.7 Å². The first-order valence-corrected chi connectivity index (χ1v) is 11.9. The van der Waals surface area contributed by atoms with Crippen molar-refractivity contribution in [3.05, 3.63) is 65.2 Å². The van der Waals surface area contributed by atoms with Crippen LogP contribution in [0.5, 0.6) is 0 Å². The van der Waals surface area contributed by atoms with Crippen molar-refractivity contribution in [3.8, 4) is 0 Å². The van der Waals surface area contributed by atoms with Gasteiger partial charge in [0.25, 0.3) is 0 Å². The largest absolute Gasteiger partial charge is 0.332 e. The summed E-state index contributed by atoms with van der Waals surface area (Å²) in [4.78, 5) is 17.1. The van der Waals surface area contributed by atoms with Crippen molar-refractivity contribution in [2.45, 2.75) is 31.1 Å². The fourth-order valence-electron chi connectivity index (χ4n) is 2.83. The number of hydrogen-bond donors (Lipinski definition) is 2. The summed E-state index contributed by atoms with van der Waals surface area (Å²) in [5.74, 6) is 0.197. The van der Waals surface area contributed by atoms with Gasteiger partial charge in [0, 0.05) is 23.0 Å². The molecule has 2 N–H and O–H groups in total. The van der Waals surface area contributed by atoms with E-state index in [0.717, 1.165) is 16.9 Å². The molecular weight excluding hydrogens is 406 g/mol. The van der Waals surface area contributed by atoms with Crippen LogP contribution in [0.3, 0.4) is 0 Å². The van der Waals surface area contributed by atoms with Crippen LogP contribution in [0, 0.1) is 0 Å². The lowest BCUT2D eigenvalue weighted by Gasteiger charge is -2.13. The van der Waals surface area contributed by atoms with Gasteiger partial charge in [-0.3, -0.25) is 4.79 Å². The molecular formula is C21H23N3O3S2. The van der Waals surface area contributed by atoms with Crippen molar-refractivity contribution in [1.29, 1.82) is 0 Å². The fourth-order valence-corrected chi connectivity index (χ4v) is 4.19. The number of thiazole rings is 1. The number of nitrogens with zero attached hydrogens (tertiary/aromatic N) is 1. The van der Waals surface area contributed by atoms with Gasteiger partial charge in [0.1, 0.15) is 0 Å². The summed E-state index contributed by atoms with van der Waals surface area (Å²) < 4.78 is 23.1. The Bertz CT molecular complexity index is 1100. The fraction of sp³-hybridized carbons (Fsp3) is 0.238. The maximum atomic E-state index is 12.4. The van der Waals surface area contributed by atoms with Crippen LogP contribution in [0.25, 0.3) is 0 Å². The monoisotopic (exact) mass is 429 g/mol. The van der Waals surface area contributed by atoms with Gasteiger partial charge in [0.05, 0.1) is 17.0 Å². The number of hydrogen-bond acceptors (Lipinski definition) is 6. The highest BCUT2D eigenvalue weighted by Crippen LogP contribution is 2.25. The molecule has 0 saturated carbocycles. The molecule has 0 atom stereocenters. The highest BCUT2D eigenvalue weighted by molar-refractivity contribution is 7.90. The number of benzene rings is 2. The molecule has 1 aromatic heterocycles. The smallest absolute Gasteiger partial charge is 0.230 e. The van der Waals surface area contributed by atoms with Crippen molar-refractivity contribution in [3.63, 3.8) is 0 Å². The molecule has 0 aliphatic rings. The molecule has 0 aliphatic carbocycles. The van der Waals surface area contributed by atoms with Gasteiger partial charge in [-0.1, -0.05) is 32.0 Å². The molecule has 6 nitrogen and oxygen atoms in total. The number of para-hydroxylation sites is 1. The summed E-state index contributed by atoms with van der Waals surface area (Å²) in [5, 5.41) is 8.57. The third-order valence-corrected chi connectivity index (χ3v) is 6.22. The minimum atomic E-state index is -3.22. The Labute approximate surface area is 174 Å². The lowest BCUT2D eigenvalue weighted by Crippen LogP contribution is -2.16. The number of aromatic nitrogens is 1. The van der Waals surface area contributed by atoms with Gasteiger partial charge in [-0.2, -0.15) is 0 Å². The van der Waals surface area contributed by atoms with Crippen LogP contribution in [-0.4, -0.2) is 25.6 Å². The Hall–Kier alpha value is -2.71. The quantitative estimate of drug-likeness (QED) is 0.573. The van der Waals surface area contributed by atoms with Crippen molar-refractivity contribution in [2.24, 2.45) is 0 Å². The van der Waals surface area contributed by atoms with Gasteiger partial charge >= 0.3 is 0 Å². The lowest BCUT2D eigenvalue weighted by molar-refractivity contribution is -0.115. The van der Waals surface area contributed by atoms with E-state index in [1.165, 1.54) is 17.6 Å². The molecule has 0 aliphatic heterocycles. The van der Waals surface area contributed by atoms with E-state index in [1.54, 1.807) is 24.3 Å². The topological polar surface area (TPSA) is 88.2 Å². The Morgan fingerprint density at radius 1 is 1.10 bits per heavy atom. The highest BCUT2D eigenvalue weighted by Gasteiger charge is 2.12. The van der Waals surface area contributed by atoms with Gasteiger partial charge in [-0.15, -0.1) is 11.3 Å². The summed E-state index contributed by atoms with van der Waals surface area (Å²) in [7, 11) is -3.22. The molecule has 2 aromatic carbocycles. The minimum Gasteiger partial charge on any atom is -0.332 e. The van der Waals surface area contributed by atoms with Crippen molar-refractivity contribution in [1.82, 2.24) is 4.98 Å². The van der Waals surface area contributed by atoms with E-state index in [-0.39, 0.29) is 17.2 Å². The first kappa shape index (κ1) is 21.0. The van der Waals surface area contributed by atoms with Gasteiger partial charge in [0.2, 0.25) is 5.91 Å². The molecule has 3 aromatic rings. The number of rotatable bonds is 7. The molecule has 0 saturated heterocycles. The summed E-state index contributed by atoms with van der Waals surface area (Å²) in [6.45, 7) is 4.18. The zero-order valence-corrected chi connectivity index (χ0v) is 18.1. The number of amides is 1. The van der Waals surface area contributed by atoms with E-state index >= 15 is 0 Å². The molecule has 152 valence electrons. The normalized spacial score (nSPS) is 11.4. The molecule has 0 fully saturated rings. The Kier molecular flexibility index (Phi) is 6.34. The van der Waals surface area contributed by atoms with Crippen molar-refractivity contribution >= 4 is 43.6 Å². The maximum absolute atomic E-state index is 12.4. The minimum absolute atomic E-state index is 0.118. The molecule has 0 unspecified atom stereocenters. The Morgan fingerprint density at radius 3 is 2.45 bits per heavy atom. The van der Waals surface area contributed by atoms with Crippen molar-refractivity contribution in [2.75, 3.05) is 16.9 Å². The van der Waals surface area contributed by atoms with E-state index in [9.17, 15) is 13.2 Å². The molecule has 0 radical (unpaired) electrons. The Morgan fingerprint density at radius 2 is 1.79 bits per heavy atom. The number of nitrogens with one attached hydrogen (secondary N) is 2. The van der Waals surface area contributed by atoms with E-state index in [1.807, 2.05) is 29.6 Å². The van der Waals surface area contributed by atoms with Gasteiger partial charge in [0.15, 0.2) is 15.0 Å². The molecule has 1 amide bonds. The number of sulfone groups is 1. The van der Waals surface area contributed by atoms with Crippen LogP contribution in [0.1, 0.15) is 31.0 Å². The molecule has 0 spiro atoms. The van der Waals surface area contributed by atoms with Gasteiger partial charge < -0.3 is 10.6 Å². The second kappa shape index (κ2) is 8.75. The predicted molar refractivity (Wildman–Crippen MR) is 118 cm³/mol. The van der Waals surface area contributed by atoms with Crippen LogP contribution in [0.4, 0.5) is 16.5 Å². The standard InChI is InChI=1S/C21H23N3O3S2/c1-14(2)18-6-4-5-7-19(18)24-20(25)12-16-13-28-21(23-16)22-15-8-10-17(11-9-15)29(3,26)27/h4-11,13-14H,12H2,1-3H3,(H,22,23)(H,24,25). The predicted octanol–water partition coefficient (Wildman–Crippen LogP) is 4.59. The summed E-state index contributed by atoms with van der Waals surface area (Å²) in [6.07, 6.45) is 1.35. The lowest BCUT2D eigenvalue weighted by atomic mass is 10.0. The van der Waals surface area contributed by atoms with E-state index in [2.05, 4.69) is 29.5 Å². The van der Waals surface area contributed by atoms with Crippen LogP contribution >= 0.6 is 11.3 Å². The second-order valence-electron chi connectivity index (χ2n) is 7.03. The van der Waals surface area contributed by atoms with Gasteiger partial charge in [-0.05, 0) is 41.8 Å². The molecule has 3 rings (SSSR count). The zero-order valence-electron chi connectivity index (χ0n) is 16.5. The van der Waals surface area contributed by atoms with Crippen LogP contribution in [0.15, 0.2) is 58.8 Å². The number of carbonyl (C=O) groups is 1. The summed E-state index contributed by atoms with van der Waals surface area (Å²) in [6, 6.07) is 14.3.